The van der Waals surface area contributed by atoms with Gasteiger partial charge in [0.25, 0.3) is 0 Å². The van der Waals surface area contributed by atoms with Crippen LogP contribution < -0.4 is 10.5 Å². The summed E-state index contributed by atoms with van der Waals surface area (Å²) in [5.74, 6) is -0.687. The first-order valence-electron chi connectivity index (χ1n) is 6.99. The molecule has 3 aromatic rings. The van der Waals surface area contributed by atoms with E-state index < -0.39 is 11.6 Å². The molecule has 0 N–H and O–H groups in total. The number of carbonyl (C=O) groups is 1. The van der Waals surface area contributed by atoms with Gasteiger partial charge in [-0.1, -0.05) is 30.3 Å². The summed E-state index contributed by atoms with van der Waals surface area (Å²) in [4.78, 5) is 25.5. The monoisotopic (exact) mass is 329 g/mol. The van der Waals surface area contributed by atoms with E-state index in [4.69, 9.17) is 4.42 Å². The van der Waals surface area contributed by atoms with Crippen LogP contribution in [-0.2, 0) is 11.3 Å². The highest BCUT2D eigenvalue weighted by atomic mass is 32.1. The minimum Gasteiger partial charge on any atom is -0.465 e. The molecule has 3 rings (SSSR count). The van der Waals surface area contributed by atoms with Crippen molar-refractivity contribution in [3.63, 3.8) is 0 Å². The van der Waals surface area contributed by atoms with Gasteiger partial charge in [0.1, 0.15) is 5.56 Å². The van der Waals surface area contributed by atoms with Gasteiger partial charge in [-0.25, -0.2) is 9.59 Å². The molecule has 23 heavy (non-hydrogen) atoms. The van der Waals surface area contributed by atoms with E-state index in [0.29, 0.717) is 5.58 Å². The molecule has 0 atom stereocenters. The van der Waals surface area contributed by atoms with Crippen LogP contribution in [0.15, 0.2) is 51.7 Å². The van der Waals surface area contributed by atoms with Gasteiger partial charge >= 0.3 is 11.6 Å². The Morgan fingerprint density at radius 2 is 2.00 bits per heavy atom. The van der Waals surface area contributed by atoms with Crippen molar-refractivity contribution < 1.29 is 13.9 Å². The lowest BCUT2D eigenvalue weighted by molar-refractivity contribution is 0.0596. The second-order valence-corrected chi connectivity index (χ2v) is 6.16. The third kappa shape index (κ3) is 3.12. The summed E-state index contributed by atoms with van der Waals surface area (Å²) in [5.41, 5.74) is 0.894. The SMILES string of the molecule is COC(=O)c1cc2sc(N(C)Cc3ccccc3)cc2oc1=O. The van der Waals surface area contributed by atoms with Crippen molar-refractivity contribution in [1.29, 1.82) is 0 Å². The lowest BCUT2D eigenvalue weighted by atomic mass is 10.2. The summed E-state index contributed by atoms with van der Waals surface area (Å²) in [5, 5.41) is 0.953. The number of fused-ring (bicyclic) bond motifs is 1. The normalized spacial score (nSPS) is 10.7. The Kier molecular flexibility index (Phi) is 4.16. The van der Waals surface area contributed by atoms with E-state index in [0.717, 1.165) is 16.2 Å². The highest BCUT2D eigenvalue weighted by Crippen LogP contribution is 2.32. The number of carbonyl (C=O) groups excluding carboxylic acids is 1. The minimum atomic E-state index is -0.687. The Labute approximate surface area is 136 Å². The molecule has 0 aliphatic heterocycles. The van der Waals surface area contributed by atoms with Crippen LogP contribution in [0, 0.1) is 0 Å². The molecule has 0 aliphatic rings. The Hall–Kier alpha value is -2.60. The molecule has 118 valence electrons. The largest absolute Gasteiger partial charge is 0.465 e. The Bertz CT molecular complexity index is 898. The van der Waals surface area contributed by atoms with Gasteiger partial charge in [-0.2, -0.15) is 0 Å². The van der Waals surface area contributed by atoms with Gasteiger partial charge < -0.3 is 14.1 Å². The second-order valence-electron chi connectivity index (χ2n) is 5.09. The van der Waals surface area contributed by atoms with Crippen LogP contribution in [0.1, 0.15) is 15.9 Å². The van der Waals surface area contributed by atoms with E-state index in [1.165, 1.54) is 30.1 Å². The van der Waals surface area contributed by atoms with Gasteiger partial charge in [-0.05, 0) is 11.6 Å². The van der Waals surface area contributed by atoms with E-state index >= 15 is 0 Å². The molecule has 0 unspecified atom stereocenters. The van der Waals surface area contributed by atoms with Crippen molar-refractivity contribution in [3.8, 4) is 0 Å². The predicted molar refractivity (Wildman–Crippen MR) is 90.2 cm³/mol. The van der Waals surface area contributed by atoms with Gasteiger partial charge in [0, 0.05) is 19.7 Å². The average Bonchev–Trinajstić information content (AvgIpc) is 2.97. The summed E-state index contributed by atoms with van der Waals surface area (Å²) in [7, 11) is 3.20. The zero-order valence-electron chi connectivity index (χ0n) is 12.7. The van der Waals surface area contributed by atoms with Crippen molar-refractivity contribution in [2.45, 2.75) is 6.54 Å². The number of ether oxygens (including phenoxy) is 1. The maximum Gasteiger partial charge on any atom is 0.351 e. The van der Waals surface area contributed by atoms with Gasteiger partial charge in [-0.15, -0.1) is 11.3 Å². The fourth-order valence-corrected chi connectivity index (χ4v) is 3.27. The summed E-state index contributed by atoms with van der Waals surface area (Å²) in [6.45, 7) is 0.738. The molecule has 0 saturated carbocycles. The predicted octanol–water partition coefficient (Wildman–Crippen LogP) is 3.28. The summed E-state index contributed by atoms with van der Waals surface area (Å²) < 4.78 is 10.6. The van der Waals surface area contributed by atoms with Crippen molar-refractivity contribution in [1.82, 2.24) is 0 Å². The second kappa shape index (κ2) is 6.26. The number of rotatable bonds is 4. The molecular formula is C17H15NO4S. The average molecular weight is 329 g/mol. The molecule has 1 aromatic carbocycles. The number of anilines is 1. The molecule has 0 fully saturated rings. The number of esters is 1. The van der Waals surface area contributed by atoms with Gasteiger partial charge in [0.2, 0.25) is 0 Å². The van der Waals surface area contributed by atoms with E-state index in [1.807, 2.05) is 31.3 Å². The lowest BCUT2D eigenvalue weighted by Crippen LogP contribution is -2.14. The van der Waals surface area contributed by atoms with Gasteiger partial charge in [-0.3, -0.25) is 0 Å². The first kappa shape index (κ1) is 15.3. The molecule has 0 saturated heterocycles. The topological polar surface area (TPSA) is 59.8 Å². The van der Waals surface area contributed by atoms with Crippen molar-refractivity contribution in [2.75, 3.05) is 19.1 Å². The number of methoxy groups -OCH3 is 1. The maximum atomic E-state index is 11.8. The summed E-state index contributed by atoms with van der Waals surface area (Å²) in [6, 6.07) is 13.4. The van der Waals surface area contributed by atoms with Crippen molar-refractivity contribution >= 4 is 32.6 Å². The van der Waals surface area contributed by atoms with Crippen LogP contribution >= 0.6 is 11.3 Å². The fourth-order valence-electron chi connectivity index (χ4n) is 2.28. The standard InChI is InChI=1S/C17H15NO4S/c1-18(10-11-6-4-3-5-7-11)15-9-13-14(23-15)8-12(16(19)21-2)17(20)22-13/h3-9H,10H2,1-2H3. The molecule has 5 nitrogen and oxygen atoms in total. The molecule has 0 radical (unpaired) electrons. The lowest BCUT2D eigenvalue weighted by Gasteiger charge is -2.16. The maximum absolute atomic E-state index is 11.8. The number of benzene rings is 1. The van der Waals surface area contributed by atoms with Crippen LogP contribution in [0.5, 0.6) is 0 Å². The highest BCUT2D eigenvalue weighted by molar-refractivity contribution is 7.22. The number of nitrogens with zero attached hydrogens (tertiary/aromatic N) is 1. The molecule has 0 bridgehead atoms. The van der Waals surface area contributed by atoms with Crippen molar-refractivity contribution in [2.24, 2.45) is 0 Å². The zero-order valence-corrected chi connectivity index (χ0v) is 13.6. The first-order chi connectivity index (χ1) is 11.1. The number of hydrogen-bond acceptors (Lipinski definition) is 6. The highest BCUT2D eigenvalue weighted by Gasteiger charge is 2.16. The van der Waals surface area contributed by atoms with Crippen LogP contribution in [0.3, 0.4) is 0 Å². The Balaban J connectivity index is 1.93. The third-order valence-electron chi connectivity index (χ3n) is 3.45. The Morgan fingerprint density at radius 3 is 2.70 bits per heavy atom. The number of hydrogen-bond donors (Lipinski definition) is 0. The molecular weight excluding hydrogens is 314 g/mol. The van der Waals surface area contributed by atoms with Gasteiger partial charge in [0.05, 0.1) is 16.8 Å². The van der Waals surface area contributed by atoms with Crippen LogP contribution in [0.4, 0.5) is 5.00 Å². The molecule has 0 amide bonds. The van der Waals surface area contributed by atoms with Crippen molar-refractivity contribution in [3.05, 3.63) is 64.0 Å². The quantitative estimate of drug-likeness (QED) is 0.688. The van der Waals surface area contributed by atoms with Crippen LogP contribution in [-0.4, -0.2) is 20.1 Å². The van der Waals surface area contributed by atoms with Crippen LogP contribution in [0.2, 0.25) is 0 Å². The van der Waals surface area contributed by atoms with Crippen LogP contribution in [0.25, 0.3) is 10.3 Å². The van der Waals surface area contributed by atoms with E-state index in [-0.39, 0.29) is 5.56 Å². The number of thiophene rings is 1. The first-order valence-corrected chi connectivity index (χ1v) is 7.81. The minimum absolute atomic E-state index is 0.0842. The molecule has 2 aromatic heterocycles. The summed E-state index contributed by atoms with van der Waals surface area (Å²) in [6.07, 6.45) is 0. The molecule has 0 aliphatic carbocycles. The fraction of sp³-hybridized carbons (Fsp3) is 0.176. The summed E-state index contributed by atoms with van der Waals surface area (Å²) >= 11 is 1.46. The van der Waals surface area contributed by atoms with E-state index in [1.54, 1.807) is 0 Å². The molecule has 2 heterocycles. The molecule has 0 spiro atoms. The zero-order chi connectivity index (χ0) is 16.4. The van der Waals surface area contributed by atoms with E-state index in [2.05, 4.69) is 21.8 Å². The smallest absolute Gasteiger partial charge is 0.351 e. The van der Waals surface area contributed by atoms with E-state index in [9.17, 15) is 9.59 Å². The van der Waals surface area contributed by atoms with Gasteiger partial charge in [0.15, 0.2) is 5.58 Å². The molecule has 6 heteroatoms. The Morgan fingerprint density at radius 1 is 1.26 bits per heavy atom. The third-order valence-corrected chi connectivity index (χ3v) is 4.63.